The molecule has 7 heteroatoms. The second kappa shape index (κ2) is 13.2. The number of halogens is 1. The van der Waals surface area contributed by atoms with Gasteiger partial charge in [0.1, 0.15) is 0 Å². The number of nitrogens with one attached hydrogen (secondary N) is 2. The lowest BCUT2D eigenvalue weighted by Gasteiger charge is -2.40. The Morgan fingerprint density at radius 1 is 1.19 bits per heavy atom. The predicted octanol–water partition coefficient (Wildman–Crippen LogP) is 3.05. The minimum absolute atomic E-state index is 0. The molecule has 2 rings (SSSR count). The van der Waals surface area contributed by atoms with Crippen LogP contribution in [0.5, 0.6) is 0 Å². The molecule has 0 aromatic heterocycles. The fourth-order valence-corrected chi connectivity index (χ4v) is 3.80. The van der Waals surface area contributed by atoms with E-state index in [2.05, 4.69) is 36.4 Å². The lowest BCUT2D eigenvalue weighted by molar-refractivity contribution is -0.0835. The van der Waals surface area contributed by atoms with Crippen LogP contribution >= 0.6 is 24.0 Å². The van der Waals surface area contributed by atoms with Gasteiger partial charge in [0.05, 0.1) is 19.3 Å². The van der Waals surface area contributed by atoms with Crippen LogP contribution in [0.4, 0.5) is 0 Å². The van der Waals surface area contributed by atoms with Gasteiger partial charge in [0, 0.05) is 51.8 Å². The van der Waals surface area contributed by atoms with Crippen LogP contribution in [0.3, 0.4) is 0 Å². The molecule has 27 heavy (non-hydrogen) atoms. The van der Waals surface area contributed by atoms with Crippen molar-refractivity contribution in [3.05, 3.63) is 0 Å². The van der Waals surface area contributed by atoms with Crippen LogP contribution in [0.15, 0.2) is 4.99 Å². The van der Waals surface area contributed by atoms with Crippen LogP contribution in [-0.4, -0.2) is 65.2 Å². The third-order valence-corrected chi connectivity index (χ3v) is 5.19. The molecule has 0 spiro atoms. The van der Waals surface area contributed by atoms with E-state index in [4.69, 9.17) is 14.2 Å². The Hall–Kier alpha value is -0.120. The van der Waals surface area contributed by atoms with Crippen molar-refractivity contribution in [2.45, 2.75) is 52.6 Å². The topological polar surface area (TPSA) is 64.1 Å². The number of hydrogen-bond donors (Lipinski definition) is 2. The number of guanidine groups is 1. The minimum Gasteiger partial charge on any atom is -0.381 e. The summed E-state index contributed by atoms with van der Waals surface area (Å²) >= 11 is 0. The van der Waals surface area contributed by atoms with E-state index in [1.54, 1.807) is 0 Å². The number of rotatable bonds is 8. The molecule has 6 nitrogen and oxygen atoms in total. The second-order valence-corrected chi connectivity index (χ2v) is 8.60. The lowest BCUT2D eigenvalue weighted by Crippen LogP contribution is -2.47. The normalized spacial score (nSPS) is 26.5. The van der Waals surface area contributed by atoms with Gasteiger partial charge in [0.25, 0.3) is 0 Å². The Morgan fingerprint density at radius 3 is 2.67 bits per heavy atom. The van der Waals surface area contributed by atoms with Gasteiger partial charge in [-0.25, -0.2) is 0 Å². The number of ether oxygens (including phenoxy) is 3. The molecule has 0 bridgehead atoms. The van der Waals surface area contributed by atoms with Crippen LogP contribution in [0.1, 0.15) is 46.5 Å². The third kappa shape index (κ3) is 9.28. The average Bonchev–Trinajstić information content (AvgIpc) is 3.13. The fourth-order valence-electron chi connectivity index (χ4n) is 3.80. The average molecular weight is 497 g/mol. The highest BCUT2D eigenvalue weighted by molar-refractivity contribution is 14.0. The van der Waals surface area contributed by atoms with Gasteiger partial charge in [-0.1, -0.05) is 20.8 Å². The molecule has 2 saturated heterocycles. The van der Waals surface area contributed by atoms with E-state index in [1.165, 1.54) is 6.42 Å². The number of aliphatic imine (C=N–C) groups is 1. The Balaban J connectivity index is 0.00000364. The van der Waals surface area contributed by atoms with Gasteiger partial charge in [-0.2, -0.15) is 0 Å². The molecule has 0 aromatic rings. The standard InChI is InChI=1S/C20H39N3O3.HI/c1-20(2,3)18-17(7-5-11-26-18)13-23-19(21-4)22-9-6-10-24-14-16-8-12-25-15-16;/h16-18H,5-15H2,1-4H3,(H2,21,22,23);1H. The SMILES string of the molecule is CN=C(NCCCOCC1CCOC1)NCC1CCCOC1C(C)(C)C.I. The molecule has 2 aliphatic rings. The summed E-state index contributed by atoms with van der Waals surface area (Å²) in [5, 5.41) is 6.86. The summed E-state index contributed by atoms with van der Waals surface area (Å²) in [5.41, 5.74) is 0.172. The predicted molar refractivity (Wildman–Crippen MR) is 121 cm³/mol. The molecular formula is C20H40IN3O3. The van der Waals surface area contributed by atoms with Gasteiger partial charge < -0.3 is 24.8 Å². The van der Waals surface area contributed by atoms with Crippen molar-refractivity contribution in [2.75, 3.05) is 53.2 Å². The maximum atomic E-state index is 6.06. The zero-order valence-corrected chi connectivity index (χ0v) is 19.9. The number of hydrogen-bond acceptors (Lipinski definition) is 4. The zero-order chi connectivity index (χ0) is 18.8. The molecule has 3 atom stereocenters. The first-order chi connectivity index (χ1) is 12.5. The largest absolute Gasteiger partial charge is 0.381 e. The Kier molecular flexibility index (Phi) is 12.2. The van der Waals surface area contributed by atoms with Gasteiger partial charge in [0.15, 0.2) is 5.96 Å². The first-order valence-corrected chi connectivity index (χ1v) is 10.2. The van der Waals surface area contributed by atoms with E-state index in [0.29, 0.717) is 17.9 Å². The van der Waals surface area contributed by atoms with Crippen LogP contribution < -0.4 is 10.6 Å². The van der Waals surface area contributed by atoms with Gasteiger partial charge >= 0.3 is 0 Å². The zero-order valence-electron chi connectivity index (χ0n) is 17.6. The van der Waals surface area contributed by atoms with Crippen molar-refractivity contribution in [3.63, 3.8) is 0 Å². The molecule has 0 aliphatic carbocycles. The monoisotopic (exact) mass is 497 g/mol. The molecular weight excluding hydrogens is 457 g/mol. The van der Waals surface area contributed by atoms with Gasteiger partial charge in [0.2, 0.25) is 0 Å². The second-order valence-electron chi connectivity index (χ2n) is 8.60. The summed E-state index contributed by atoms with van der Waals surface area (Å²) < 4.78 is 17.2. The fraction of sp³-hybridized carbons (Fsp3) is 0.950. The molecule has 0 saturated carbocycles. The molecule has 0 aromatic carbocycles. The first kappa shape index (κ1) is 24.9. The Bertz CT molecular complexity index is 423. The van der Waals surface area contributed by atoms with Crippen molar-refractivity contribution >= 4 is 29.9 Å². The Morgan fingerprint density at radius 2 is 2.00 bits per heavy atom. The van der Waals surface area contributed by atoms with E-state index < -0.39 is 0 Å². The van der Waals surface area contributed by atoms with Crippen LogP contribution in [0.2, 0.25) is 0 Å². The van der Waals surface area contributed by atoms with Crippen molar-refractivity contribution < 1.29 is 14.2 Å². The summed E-state index contributed by atoms with van der Waals surface area (Å²) in [6, 6.07) is 0. The molecule has 2 fully saturated rings. The highest BCUT2D eigenvalue weighted by Crippen LogP contribution is 2.33. The van der Waals surface area contributed by atoms with E-state index >= 15 is 0 Å². The van der Waals surface area contributed by atoms with Crippen molar-refractivity contribution in [1.29, 1.82) is 0 Å². The molecule has 0 amide bonds. The smallest absolute Gasteiger partial charge is 0.190 e. The minimum atomic E-state index is 0. The van der Waals surface area contributed by atoms with E-state index in [1.807, 2.05) is 7.05 Å². The maximum Gasteiger partial charge on any atom is 0.190 e. The summed E-state index contributed by atoms with van der Waals surface area (Å²) in [6.45, 7) is 12.8. The van der Waals surface area contributed by atoms with E-state index in [0.717, 1.165) is 71.3 Å². The first-order valence-electron chi connectivity index (χ1n) is 10.2. The summed E-state index contributed by atoms with van der Waals surface area (Å²) in [4.78, 5) is 4.34. The van der Waals surface area contributed by atoms with Gasteiger partial charge in [-0.05, 0) is 31.1 Å². The maximum absolute atomic E-state index is 6.06. The van der Waals surface area contributed by atoms with E-state index in [-0.39, 0.29) is 29.4 Å². The lowest BCUT2D eigenvalue weighted by atomic mass is 9.78. The summed E-state index contributed by atoms with van der Waals surface area (Å²) in [6.07, 6.45) is 4.77. The van der Waals surface area contributed by atoms with E-state index in [9.17, 15) is 0 Å². The van der Waals surface area contributed by atoms with Crippen molar-refractivity contribution in [2.24, 2.45) is 22.2 Å². The van der Waals surface area contributed by atoms with Crippen LogP contribution in [0, 0.1) is 17.3 Å². The quantitative estimate of drug-likeness (QED) is 0.234. The molecule has 2 N–H and O–H groups in total. The number of nitrogens with zero attached hydrogens (tertiary/aromatic N) is 1. The molecule has 160 valence electrons. The van der Waals surface area contributed by atoms with Crippen molar-refractivity contribution in [1.82, 2.24) is 10.6 Å². The molecule has 3 unspecified atom stereocenters. The summed E-state index contributed by atoms with van der Waals surface area (Å²) in [7, 11) is 1.82. The van der Waals surface area contributed by atoms with Gasteiger partial charge in [-0.3, -0.25) is 4.99 Å². The summed E-state index contributed by atoms with van der Waals surface area (Å²) in [5.74, 6) is 1.98. The third-order valence-electron chi connectivity index (χ3n) is 5.19. The molecule has 2 aliphatic heterocycles. The van der Waals surface area contributed by atoms with Crippen LogP contribution in [-0.2, 0) is 14.2 Å². The van der Waals surface area contributed by atoms with Gasteiger partial charge in [-0.15, -0.1) is 24.0 Å². The highest BCUT2D eigenvalue weighted by Gasteiger charge is 2.35. The highest BCUT2D eigenvalue weighted by atomic mass is 127. The van der Waals surface area contributed by atoms with Crippen LogP contribution in [0.25, 0.3) is 0 Å². The Labute approximate surface area is 182 Å². The van der Waals surface area contributed by atoms with Crippen molar-refractivity contribution in [3.8, 4) is 0 Å². The molecule has 2 heterocycles. The molecule has 0 radical (unpaired) electrons.